The fourth-order valence-corrected chi connectivity index (χ4v) is 3.89. The molecule has 1 aliphatic carbocycles. The lowest BCUT2D eigenvalue weighted by Gasteiger charge is -2.29. The average molecular weight is 383 g/mol. The fraction of sp³-hybridized carbons (Fsp3) is 0.280. The summed E-state index contributed by atoms with van der Waals surface area (Å²) in [5.41, 5.74) is 2.36. The topological polar surface area (TPSA) is 56.1 Å². The summed E-state index contributed by atoms with van der Waals surface area (Å²) < 4.78 is 0. The summed E-state index contributed by atoms with van der Waals surface area (Å²) in [6.45, 7) is 2.94. The van der Waals surface area contributed by atoms with Crippen LogP contribution in [-0.4, -0.2) is 23.4 Å². The standard InChI is InChI=1S/C25H25N3O/c1-18(20-11-10-19-6-2-3-7-21(19)16-20)28(23-12-13-23)15-14-25(29)27-24-9-5-4-8-22(24)17-26/h2-11,16,18,23H,12-15H2,1H3,(H,27,29). The first-order valence-corrected chi connectivity index (χ1v) is 10.2. The first-order valence-electron chi connectivity index (χ1n) is 10.2. The summed E-state index contributed by atoms with van der Waals surface area (Å²) >= 11 is 0. The van der Waals surface area contributed by atoms with E-state index in [4.69, 9.17) is 0 Å². The van der Waals surface area contributed by atoms with Crippen LogP contribution in [0.2, 0.25) is 0 Å². The van der Waals surface area contributed by atoms with E-state index in [0.717, 1.165) is 0 Å². The van der Waals surface area contributed by atoms with E-state index < -0.39 is 0 Å². The molecular formula is C25H25N3O. The van der Waals surface area contributed by atoms with E-state index in [2.05, 4.69) is 65.7 Å². The number of anilines is 1. The van der Waals surface area contributed by atoms with Crippen LogP contribution in [0.1, 0.15) is 43.4 Å². The summed E-state index contributed by atoms with van der Waals surface area (Å²) in [5.74, 6) is -0.0518. The lowest BCUT2D eigenvalue weighted by atomic mass is 10.0. The number of hydrogen-bond donors (Lipinski definition) is 1. The second-order valence-electron chi connectivity index (χ2n) is 7.71. The van der Waals surface area contributed by atoms with Crippen molar-refractivity contribution in [3.63, 3.8) is 0 Å². The molecule has 0 aliphatic heterocycles. The van der Waals surface area contributed by atoms with Gasteiger partial charge in [-0.25, -0.2) is 0 Å². The Hall–Kier alpha value is -3.16. The molecule has 4 heteroatoms. The molecular weight excluding hydrogens is 358 g/mol. The zero-order chi connectivity index (χ0) is 20.2. The molecule has 0 radical (unpaired) electrons. The molecule has 3 aromatic carbocycles. The van der Waals surface area contributed by atoms with Gasteiger partial charge >= 0.3 is 0 Å². The number of hydrogen-bond acceptors (Lipinski definition) is 3. The third-order valence-electron chi connectivity index (χ3n) is 5.69. The van der Waals surface area contributed by atoms with Crippen LogP contribution in [0.5, 0.6) is 0 Å². The van der Waals surface area contributed by atoms with Crippen molar-refractivity contribution in [1.82, 2.24) is 4.90 Å². The lowest BCUT2D eigenvalue weighted by Crippen LogP contribution is -2.32. The number of fused-ring (bicyclic) bond motifs is 1. The number of para-hydroxylation sites is 1. The van der Waals surface area contributed by atoms with E-state index in [1.165, 1.54) is 29.2 Å². The Balaban J connectivity index is 1.43. The van der Waals surface area contributed by atoms with Gasteiger partial charge in [0.15, 0.2) is 0 Å². The van der Waals surface area contributed by atoms with E-state index in [-0.39, 0.29) is 11.9 Å². The molecule has 0 saturated heterocycles. The normalized spacial score (nSPS) is 14.5. The highest BCUT2D eigenvalue weighted by Crippen LogP contribution is 2.35. The van der Waals surface area contributed by atoms with Gasteiger partial charge in [-0.05, 0) is 54.3 Å². The maximum absolute atomic E-state index is 12.5. The van der Waals surface area contributed by atoms with Crippen molar-refractivity contribution >= 4 is 22.4 Å². The van der Waals surface area contributed by atoms with Crippen molar-refractivity contribution in [2.75, 3.05) is 11.9 Å². The number of nitriles is 1. The smallest absolute Gasteiger partial charge is 0.225 e. The maximum atomic E-state index is 12.5. The van der Waals surface area contributed by atoms with Gasteiger partial charge in [0.2, 0.25) is 5.91 Å². The number of nitrogens with one attached hydrogen (secondary N) is 1. The number of benzene rings is 3. The molecule has 29 heavy (non-hydrogen) atoms. The van der Waals surface area contributed by atoms with Gasteiger partial charge in [-0.15, -0.1) is 0 Å². The first kappa shape index (κ1) is 19.2. The van der Waals surface area contributed by atoms with Crippen LogP contribution in [0.3, 0.4) is 0 Å². The molecule has 1 unspecified atom stereocenters. The van der Waals surface area contributed by atoms with Gasteiger partial charge < -0.3 is 5.32 Å². The highest BCUT2D eigenvalue weighted by molar-refractivity contribution is 5.92. The van der Waals surface area contributed by atoms with Gasteiger partial charge in [0.1, 0.15) is 6.07 Å². The van der Waals surface area contributed by atoms with E-state index in [1.54, 1.807) is 18.2 Å². The summed E-state index contributed by atoms with van der Waals surface area (Å²) in [6.07, 6.45) is 2.79. The minimum Gasteiger partial charge on any atom is -0.325 e. The van der Waals surface area contributed by atoms with Crippen LogP contribution in [0.15, 0.2) is 66.7 Å². The SMILES string of the molecule is CC(c1ccc2ccccc2c1)N(CCC(=O)Nc1ccccc1C#N)C1CC1. The fourth-order valence-electron chi connectivity index (χ4n) is 3.89. The van der Waals surface area contributed by atoms with Gasteiger partial charge in [-0.3, -0.25) is 9.69 Å². The van der Waals surface area contributed by atoms with E-state index in [0.29, 0.717) is 30.3 Å². The zero-order valence-electron chi connectivity index (χ0n) is 16.6. The van der Waals surface area contributed by atoms with Crippen LogP contribution < -0.4 is 5.32 Å². The Kier molecular flexibility index (Phi) is 5.59. The number of carbonyl (C=O) groups is 1. The van der Waals surface area contributed by atoms with Crippen LogP contribution in [0.25, 0.3) is 10.8 Å². The summed E-state index contributed by atoms with van der Waals surface area (Å²) in [5, 5.41) is 14.6. The van der Waals surface area contributed by atoms with Gasteiger partial charge in [-0.1, -0.05) is 48.5 Å². The zero-order valence-corrected chi connectivity index (χ0v) is 16.6. The molecule has 0 bridgehead atoms. The number of nitrogens with zero attached hydrogens (tertiary/aromatic N) is 2. The number of rotatable bonds is 7. The quantitative estimate of drug-likeness (QED) is 0.605. The minimum atomic E-state index is -0.0518. The predicted molar refractivity (Wildman–Crippen MR) is 116 cm³/mol. The second-order valence-corrected chi connectivity index (χ2v) is 7.71. The third-order valence-corrected chi connectivity index (χ3v) is 5.69. The molecule has 0 heterocycles. The molecule has 1 fully saturated rings. The maximum Gasteiger partial charge on any atom is 0.225 e. The second kappa shape index (κ2) is 8.46. The highest BCUT2D eigenvalue weighted by Gasteiger charge is 2.32. The van der Waals surface area contributed by atoms with Crippen molar-refractivity contribution < 1.29 is 4.79 Å². The summed E-state index contributed by atoms with van der Waals surface area (Å²) in [6, 6.07) is 25.1. The Bertz CT molecular complexity index is 1060. The van der Waals surface area contributed by atoms with Crippen molar-refractivity contribution in [2.45, 2.75) is 38.3 Å². The molecule has 0 spiro atoms. The predicted octanol–water partition coefficient (Wildman–Crippen LogP) is 5.27. The first-order chi connectivity index (χ1) is 14.2. The van der Waals surface area contributed by atoms with Crippen molar-refractivity contribution in [3.8, 4) is 6.07 Å². The largest absolute Gasteiger partial charge is 0.325 e. The van der Waals surface area contributed by atoms with Gasteiger partial charge in [-0.2, -0.15) is 5.26 Å². The van der Waals surface area contributed by atoms with Gasteiger partial charge in [0, 0.05) is 25.0 Å². The molecule has 1 N–H and O–H groups in total. The molecule has 0 aromatic heterocycles. The lowest BCUT2D eigenvalue weighted by molar-refractivity contribution is -0.116. The van der Waals surface area contributed by atoms with Crippen LogP contribution in [-0.2, 0) is 4.79 Å². The van der Waals surface area contributed by atoms with Crippen LogP contribution >= 0.6 is 0 Å². The highest BCUT2D eigenvalue weighted by atomic mass is 16.1. The Morgan fingerprint density at radius 3 is 2.59 bits per heavy atom. The van der Waals surface area contributed by atoms with Crippen molar-refractivity contribution in [2.24, 2.45) is 0 Å². The van der Waals surface area contributed by atoms with E-state index >= 15 is 0 Å². The van der Waals surface area contributed by atoms with Gasteiger partial charge in [0.05, 0.1) is 11.3 Å². The molecule has 4 nitrogen and oxygen atoms in total. The monoisotopic (exact) mass is 383 g/mol. The van der Waals surface area contributed by atoms with Crippen LogP contribution in [0.4, 0.5) is 5.69 Å². The molecule has 1 saturated carbocycles. The van der Waals surface area contributed by atoms with Gasteiger partial charge in [0.25, 0.3) is 0 Å². The molecule has 146 valence electrons. The molecule has 1 atom stereocenters. The van der Waals surface area contributed by atoms with E-state index in [1.807, 2.05) is 6.07 Å². The van der Waals surface area contributed by atoms with Crippen molar-refractivity contribution in [3.05, 3.63) is 77.9 Å². The minimum absolute atomic E-state index is 0.0518. The Morgan fingerprint density at radius 1 is 1.10 bits per heavy atom. The third kappa shape index (κ3) is 4.47. The Morgan fingerprint density at radius 2 is 1.83 bits per heavy atom. The Labute approximate surface area is 171 Å². The van der Waals surface area contributed by atoms with E-state index in [9.17, 15) is 10.1 Å². The molecule has 4 rings (SSSR count). The average Bonchev–Trinajstić information content (AvgIpc) is 3.59. The van der Waals surface area contributed by atoms with Crippen LogP contribution in [0, 0.1) is 11.3 Å². The number of amides is 1. The summed E-state index contributed by atoms with van der Waals surface area (Å²) in [4.78, 5) is 15.0. The summed E-state index contributed by atoms with van der Waals surface area (Å²) in [7, 11) is 0. The molecule has 3 aromatic rings. The number of carbonyl (C=O) groups excluding carboxylic acids is 1. The molecule has 1 aliphatic rings. The molecule has 1 amide bonds. The van der Waals surface area contributed by atoms with Crippen molar-refractivity contribution in [1.29, 1.82) is 5.26 Å².